The summed E-state index contributed by atoms with van der Waals surface area (Å²) < 4.78 is 0. The molecule has 1 aliphatic rings. The fraction of sp³-hybridized carbons (Fsp3) is 0.900. The number of rotatable bonds is 6. The van der Waals surface area contributed by atoms with Crippen molar-refractivity contribution in [2.45, 2.75) is 44.7 Å². The van der Waals surface area contributed by atoms with Crippen molar-refractivity contribution >= 4 is 5.91 Å². The Morgan fingerprint density at radius 3 is 3.00 bits per heavy atom. The number of aliphatic hydroxyl groups excluding tert-OH is 1. The van der Waals surface area contributed by atoms with E-state index in [1.807, 2.05) is 0 Å². The monoisotopic (exact) mass is 200 g/mol. The minimum absolute atomic E-state index is 0.159. The first-order valence-electron chi connectivity index (χ1n) is 5.39. The van der Waals surface area contributed by atoms with E-state index in [2.05, 4.69) is 17.6 Å². The number of aliphatic hydroxyl groups is 1. The third kappa shape index (κ3) is 3.64. The van der Waals surface area contributed by atoms with Gasteiger partial charge >= 0.3 is 0 Å². The number of carbonyl (C=O) groups is 1. The van der Waals surface area contributed by atoms with Crippen molar-refractivity contribution in [3.05, 3.63) is 0 Å². The van der Waals surface area contributed by atoms with Gasteiger partial charge in [0.15, 0.2) is 0 Å². The Labute approximate surface area is 85.1 Å². The van der Waals surface area contributed by atoms with Crippen LogP contribution in [-0.4, -0.2) is 36.2 Å². The predicted octanol–water partition coefficient (Wildman–Crippen LogP) is 0.0156. The molecule has 2 atom stereocenters. The molecule has 0 saturated carbocycles. The number of hydrogen-bond donors (Lipinski definition) is 3. The summed E-state index contributed by atoms with van der Waals surface area (Å²) in [5.74, 6) is 0.159. The van der Waals surface area contributed by atoms with E-state index < -0.39 is 0 Å². The highest BCUT2D eigenvalue weighted by molar-refractivity contribution is 5.78. The maximum absolute atomic E-state index is 10.9. The molecule has 0 bridgehead atoms. The smallest absolute Gasteiger partial charge is 0.220 e. The molecule has 1 fully saturated rings. The van der Waals surface area contributed by atoms with Crippen molar-refractivity contribution in [3.8, 4) is 0 Å². The van der Waals surface area contributed by atoms with Crippen LogP contribution < -0.4 is 10.6 Å². The second kappa shape index (κ2) is 5.98. The number of nitrogens with one attached hydrogen (secondary N) is 2. The molecule has 1 saturated heterocycles. The van der Waals surface area contributed by atoms with Crippen molar-refractivity contribution < 1.29 is 9.90 Å². The number of carbonyl (C=O) groups excluding carboxylic acids is 1. The van der Waals surface area contributed by atoms with E-state index >= 15 is 0 Å². The van der Waals surface area contributed by atoms with Gasteiger partial charge in [-0.15, -0.1) is 0 Å². The molecule has 2 unspecified atom stereocenters. The highest BCUT2D eigenvalue weighted by atomic mass is 16.3. The van der Waals surface area contributed by atoms with Crippen LogP contribution >= 0.6 is 0 Å². The van der Waals surface area contributed by atoms with Crippen molar-refractivity contribution in [1.82, 2.24) is 10.6 Å². The normalized spacial score (nSPS) is 23.6. The molecule has 1 aliphatic heterocycles. The summed E-state index contributed by atoms with van der Waals surface area (Å²) in [6, 6.07) is 0.660. The van der Waals surface area contributed by atoms with Crippen molar-refractivity contribution in [2.75, 3.05) is 13.2 Å². The Morgan fingerprint density at radius 2 is 2.50 bits per heavy atom. The Morgan fingerprint density at radius 1 is 1.71 bits per heavy atom. The molecule has 1 heterocycles. The van der Waals surface area contributed by atoms with Gasteiger partial charge in [0.2, 0.25) is 5.91 Å². The van der Waals surface area contributed by atoms with Crippen molar-refractivity contribution in [2.24, 2.45) is 0 Å². The van der Waals surface area contributed by atoms with Gasteiger partial charge in [0.05, 0.1) is 0 Å². The number of hydrogen-bond acceptors (Lipinski definition) is 3. The summed E-state index contributed by atoms with van der Waals surface area (Å²) in [4.78, 5) is 10.9. The van der Waals surface area contributed by atoms with Gasteiger partial charge in [0, 0.05) is 31.7 Å². The molecule has 4 nitrogen and oxygen atoms in total. The van der Waals surface area contributed by atoms with Crippen LogP contribution in [0.4, 0.5) is 0 Å². The second-order valence-electron chi connectivity index (χ2n) is 3.83. The van der Waals surface area contributed by atoms with Crippen LogP contribution in [-0.2, 0) is 4.79 Å². The molecule has 3 N–H and O–H groups in total. The van der Waals surface area contributed by atoms with Gasteiger partial charge in [0.1, 0.15) is 0 Å². The van der Waals surface area contributed by atoms with E-state index in [-0.39, 0.29) is 18.6 Å². The van der Waals surface area contributed by atoms with Crippen molar-refractivity contribution in [1.29, 1.82) is 0 Å². The van der Waals surface area contributed by atoms with Gasteiger partial charge in [-0.3, -0.25) is 4.79 Å². The summed E-state index contributed by atoms with van der Waals surface area (Å²) >= 11 is 0. The van der Waals surface area contributed by atoms with Gasteiger partial charge in [-0.1, -0.05) is 6.92 Å². The van der Waals surface area contributed by atoms with Gasteiger partial charge < -0.3 is 15.7 Å². The lowest BCUT2D eigenvalue weighted by atomic mass is 10.1. The van der Waals surface area contributed by atoms with Crippen molar-refractivity contribution in [3.63, 3.8) is 0 Å². The predicted molar refractivity (Wildman–Crippen MR) is 54.9 cm³/mol. The zero-order valence-corrected chi connectivity index (χ0v) is 8.75. The highest BCUT2D eigenvalue weighted by Gasteiger charge is 2.20. The highest BCUT2D eigenvalue weighted by Crippen LogP contribution is 2.06. The molecule has 1 rings (SSSR count). The summed E-state index contributed by atoms with van der Waals surface area (Å²) in [7, 11) is 0. The van der Waals surface area contributed by atoms with Gasteiger partial charge in [0.25, 0.3) is 0 Å². The lowest BCUT2D eigenvalue weighted by Gasteiger charge is -2.18. The minimum Gasteiger partial charge on any atom is -0.396 e. The third-order valence-electron chi connectivity index (χ3n) is 2.71. The molecular formula is C10H20N2O2. The SMILES string of the molecule is CCC(CCO)NCC1CCC(=O)N1. The van der Waals surface area contributed by atoms with E-state index in [1.165, 1.54) is 0 Å². The maximum Gasteiger partial charge on any atom is 0.220 e. The third-order valence-corrected chi connectivity index (χ3v) is 2.71. The van der Waals surface area contributed by atoms with Gasteiger partial charge in [-0.2, -0.15) is 0 Å². The fourth-order valence-corrected chi connectivity index (χ4v) is 1.75. The topological polar surface area (TPSA) is 61.4 Å². The Kier molecular flexibility index (Phi) is 4.90. The summed E-state index contributed by atoms with van der Waals surface area (Å²) in [5.41, 5.74) is 0. The molecule has 0 aliphatic carbocycles. The Hall–Kier alpha value is -0.610. The van der Waals surface area contributed by atoms with E-state index in [1.54, 1.807) is 0 Å². The van der Waals surface area contributed by atoms with Gasteiger partial charge in [-0.25, -0.2) is 0 Å². The Bertz CT molecular complexity index is 185. The molecule has 14 heavy (non-hydrogen) atoms. The molecule has 1 amide bonds. The molecule has 4 heteroatoms. The first kappa shape index (κ1) is 11.5. The van der Waals surface area contributed by atoms with E-state index in [0.29, 0.717) is 12.5 Å². The van der Waals surface area contributed by atoms with E-state index in [9.17, 15) is 4.79 Å². The molecule has 0 spiro atoms. The molecule has 0 aromatic heterocycles. The molecular weight excluding hydrogens is 180 g/mol. The van der Waals surface area contributed by atoms with Gasteiger partial charge in [-0.05, 0) is 19.3 Å². The van der Waals surface area contributed by atoms with Crippen LogP contribution in [0.5, 0.6) is 0 Å². The van der Waals surface area contributed by atoms with Crippen LogP contribution in [0.2, 0.25) is 0 Å². The standard InChI is InChI=1S/C10H20N2O2/c1-2-8(5-6-13)11-7-9-3-4-10(14)12-9/h8-9,11,13H,2-7H2,1H3,(H,12,14). The fourth-order valence-electron chi connectivity index (χ4n) is 1.75. The Balaban J connectivity index is 2.15. The quantitative estimate of drug-likeness (QED) is 0.566. The average molecular weight is 200 g/mol. The summed E-state index contributed by atoms with van der Waals surface area (Å²) in [6.07, 6.45) is 3.39. The zero-order chi connectivity index (χ0) is 10.4. The average Bonchev–Trinajstić information content (AvgIpc) is 2.59. The summed E-state index contributed by atoms with van der Waals surface area (Å²) in [5, 5.41) is 15.1. The largest absolute Gasteiger partial charge is 0.396 e. The van der Waals surface area contributed by atoms with E-state index in [4.69, 9.17) is 5.11 Å². The molecule has 82 valence electrons. The lowest BCUT2D eigenvalue weighted by molar-refractivity contribution is -0.119. The molecule has 0 aromatic rings. The first-order valence-corrected chi connectivity index (χ1v) is 5.39. The molecule has 0 aromatic carbocycles. The minimum atomic E-state index is 0.159. The van der Waals surface area contributed by atoms with E-state index in [0.717, 1.165) is 25.8 Å². The summed E-state index contributed by atoms with van der Waals surface area (Å²) in [6.45, 7) is 3.15. The maximum atomic E-state index is 10.9. The number of amides is 1. The van der Waals surface area contributed by atoms with Crippen LogP contribution in [0.15, 0.2) is 0 Å². The van der Waals surface area contributed by atoms with Crippen LogP contribution in [0.3, 0.4) is 0 Å². The second-order valence-corrected chi connectivity index (χ2v) is 3.83. The van der Waals surface area contributed by atoms with Crippen LogP contribution in [0.1, 0.15) is 32.6 Å². The zero-order valence-electron chi connectivity index (χ0n) is 8.75. The van der Waals surface area contributed by atoms with Crippen LogP contribution in [0.25, 0.3) is 0 Å². The molecule has 0 radical (unpaired) electrons. The lowest BCUT2D eigenvalue weighted by Crippen LogP contribution is -2.40. The van der Waals surface area contributed by atoms with Crippen LogP contribution in [0, 0.1) is 0 Å². The first-order chi connectivity index (χ1) is 6.76.